The smallest absolute Gasteiger partial charge is 0.239 e. The average molecular weight is 541 g/mol. The van der Waals surface area contributed by atoms with Gasteiger partial charge in [-0.25, -0.2) is 9.97 Å². The van der Waals surface area contributed by atoms with Gasteiger partial charge in [0.15, 0.2) is 5.13 Å². The zero-order valence-electron chi connectivity index (χ0n) is 21.0. The summed E-state index contributed by atoms with van der Waals surface area (Å²) in [4.78, 5) is 21.9. The quantitative estimate of drug-likeness (QED) is 0.264. The number of rotatable bonds is 8. The molecule has 10 heteroatoms. The van der Waals surface area contributed by atoms with Crippen LogP contribution in [-0.4, -0.2) is 28.2 Å². The fraction of sp³-hybridized carbons (Fsp3) is 0.179. The van der Waals surface area contributed by atoms with E-state index in [4.69, 9.17) is 10.5 Å². The minimum Gasteiger partial charge on any atom is -0.497 e. The van der Waals surface area contributed by atoms with Gasteiger partial charge in [0.05, 0.1) is 23.6 Å². The molecule has 0 aliphatic heterocycles. The Labute approximate surface area is 229 Å². The van der Waals surface area contributed by atoms with Gasteiger partial charge in [0.2, 0.25) is 5.91 Å². The van der Waals surface area contributed by atoms with Gasteiger partial charge in [0, 0.05) is 16.5 Å². The van der Waals surface area contributed by atoms with Crippen LogP contribution in [0.1, 0.15) is 30.5 Å². The summed E-state index contributed by atoms with van der Waals surface area (Å²) in [6.07, 6.45) is 0.864. The number of aryl methyl sites for hydroxylation is 1. The standard InChI is InChI=1S/C28H24N6O2S2/c1-4-17-8-10-18(11-9-17)24-21(13-29)25(31)33-27(22(24)14-30)38-16(2)26(35)34-28-32-23(15-37-28)19-6-5-7-20(12-19)36-3/h5-12,15-16H,4H2,1-3H3,(H2,31,33)(H,32,34,35). The van der Waals surface area contributed by atoms with E-state index in [1.54, 1.807) is 14.0 Å². The topological polar surface area (TPSA) is 138 Å². The van der Waals surface area contributed by atoms with Crippen LogP contribution in [0.15, 0.2) is 58.9 Å². The number of nitriles is 2. The lowest BCUT2D eigenvalue weighted by Crippen LogP contribution is -2.22. The molecule has 1 atom stereocenters. The molecule has 2 heterocycles. The maximum atomic E-state index is 13.0. The molecule has 8 nitrogen and oxygen atoms in total. The molecule has 0 aliphatic rings. The second kappa shape index (κ2) is 11.8. The number of aromatic nitrogens is 2. The number of anilines is 2. The Morgan fingerprint density at radius 3 is 2.53 bits per heavy atom. The number of nitrogen functional groups attached to an aromatic ring is 1. The van der Waals surface area contributed by atoms with Crippen molar-refractivity contribution in [1.29, 1.82) is 10.5 Å². The summed E-state index contributed by atoms with van der Waals surface area (Å²) >= 11 is 2.42. The number of nitrogens with one attached hydrogen (secondary N) is 1. The molecule has 0 saturated heterocycles. The molecule has 38 heavy (non-hydrogen) atoms. The maximum Gasteiger partial charge on any atom is 0.239 e. The van der Waals surface area contributed by atoms with Crippen molar-refractivity contribution in [3.63, 3.8) is 0 Å². The lowest BCUT2D eigenvalue weighted by Gasteiger charge is -2.15. The molecule has 0 spiro atoms. The minimum atomic E-state index is -0.624. The Hall–Kier alpha value is -4.38. The molecular weight excluding hydrogens is 516 g/mol. The molecule has 4 rings (SSSR count). The Kier molecular flexibility index (Phi) is 8.27. The van der Waals surface area contributed by atoms with Crippen LogP contribution in [0, 0.1) is 22.7 Å². The number of hydrogen-bond donors (Lipinski definition) is 2. The number of benzene rings is 2. The number of pyridine rings is 1. The summed E-state index contributed by atoms with van der Waals surface area (Å²) in [5.74, 6) is 0.428. The van der Waals surface area contributed by atoms with Crippen LogP contribution in [0.5, 0.6) is 5.75 Å². The summed E-state index contributed by atoms with van der Waals surface area (Å²) in [5, 5.41) is 24.6. The highest BCUT2D eigenvalue weighted by Crippen LogP contribution is 2.37. The highest BCUT2D eigenvalue weighted by molar-refractivity contribution is 8.00. The van der Waals surface area contributed by atoms with Crippen molar-refractivity contribution in [1.82, 2.24) is 9.97 Å². The predicted octanol–water partition coefficient (Wildman–Crippen LogP) is 5.89. The van der Waals surface area contributed by atoms with Gasteiger partial charge >= 0.3 is 0 Å². The van der Waals surface area contributed by atoms with Gasteiger partial charge in [0.25, 0.3) is 0 Å². The average Bonchev–Trinajstić information content (AvgIpc) is 3.41. The summed E-state index contributed by atoms with van der Waals surface area (Å²) in [6.45, 7) is 3.76. The predicted molar refractivity (Wildman–Crippen MR) is 151 cm³/mol. The molecular formula is C28H24N6O2S2. The van der Waals surface area contributed by atoms with Crippen LogP contribution < -0.4 is 15.8 Å². The molecule has 1 unspecified atom stereocenters. The first kappa shape index (κ1) is 26.7. The highest BCUT2D eigenvalue weighted by atomic mass is 32.2. The third kappa shape index (κ3) is 5.62. The molecule has 1 amide bonds. The number of nitrogens with zero attached hydrogens (tertiary/aromatic N) is 4. The molecule has 0 bridgehead atoms. The number of thiazole rings is 1. The third-order valence-electron chi connectivity index (χ3n) is 5.82. The molecule has 2 aromatic carbocycles. The first-order chi connectivity index (χ1) is 18.4. The zero-order valence-corrected chi connectivity index (χ0v) is 22.6. The summed E-state index contributed by atoms with van der Waals surface area (Å²) < 4.78 is 5.27. The number of carbonyl (C=O) groups excluding carboxylic acids is 1. The Balaban J connectivity index is 1.58. The summed E-state index contributed by atoms with van der Waals surface area (Å²) in [7, 11) is 1.60. The van der Waals surface area contributed by atoms with Crippen LogP contribution in [0.25, 0.3) is 22.4 Å². The van der Waals surface area contributed by atoms with Crippen molar-refractivity contribution >= 4 is 40.0 Å². The monoisotopic (exact) mass is 540 g/mol. The number of thioether (sulfide) groups is 1. The number of nitrogens with two attached hydrogens (primary N) is 1. The molecule has 0 fully saturated rings. The van der Waals surface area contributed by atoms with Gasteiger partial charge in [-0.1, -0.05) is 55.1 Å². The van der Waals surface area contributed by atoms with E-state index in [0.29, 0.717) is 22.0 Å². The Bertz CT molecular complexity index is 1570. The summed E-state index contributed by atoms with van der Waals surface area (Å²) in [5.41, 5.74) is 10.3. The molecule has 0 aliphatic carbocycles. The molecule has 0 saturated carbocycles. The molecule has 4 aromatic rings. The van der Waals surface area contributed by atoms with Crippen molar-refractivity contribution in [2.45, 2.75) is 30.5 Å². The first-order valence-electron chi connectivity index (χ1n) is 11.7. The SMILES string of the molecule is CCc1ccc(-c2c(C#N)c(N)nc(SC(C)C(=O)Nc3nc(-c4cccc(OC)c4)cs3)c2C#N)cc1. The second-order valence-corrected chi connectivity index (χ2v) is 10.4. The van der Waals surface area contributed by atoms with Crippen molar-refractivity contribution < 1.29 is 9.53 Å². The fourth-order valence-corrected chi connectivity index (χ4v) is 5.39. The first-order valence-corrected chi connectivity index (χ1v) is 13.4. The van der Waals surface area contributed by atoms with E-state index in [-0.39, 0.29) is 27.9 Å². The zero-order chi connectivity index (χ0) is 27.2. The lowest BCUT2D eigenvalue weighted by atomic mass is 9.96. The van der Waals surface area contributed by atoms with Gasteiger partial charge < -0.3 is 15.8 Å². The third-order valence-corrected chi connectivity index (χ3v) is 7.67. The van der Waals surface area contributed by atoms with Crippen LogP contribution in [0.3, 0.4) is 0 Å². The Morgan fingerprint density at radius 1 is 1.13 bits per heavy atom. The van der Waals surface area contributed by atoms with Crippen molar-refractivity contribution in [3.8, 4) is 40.3 Å². The van der Waals surface area contributed by atoms with E-state index in [2.05, 4.69) is 27.4 Å². The number of ether oxygens (including phenoxy) is 1. The lowest BCUT2D eigenvalue weighted by molar-refractivity contribution is -0.115. The van der Waals surface area contributed by atoms with E-state index < -0.39 is 5.25 Å². The summed E-state index contributed by atoms with van der Waals surface area (Å²) in [6, 6.07) is 19.4. The van der Waals surface area contributed by atoms with Gasteiger partial charge in [-0.3, -0.25) is 4.79 Å². The molecule has 0 radical (unpaired) electrons. The van der Waals surface area contributed by atoms with E-state index in [0.717, 1.165) is 35.0 Å². The number of methoxy groups -OCH3 is 1. The van der Waals surface area contributed by atoms with E-state index in [9.17, 15) is 15.3 Å². The van der Waals surface area contributed by atoms with Crippen molar-refractivity contribution in [2.75, 3.05) is 18.2 Å². The molecule has 2 aromatic heterocycles. The molecule has 3 N–H and O–H groups in total. The van der Waals surface area contributed by atoms with Gasteiger partial charge in [-0.2, -0.15) is 10.5 Å². The van der Waals surface area contributed by atoms with E-state index in [1.807, 2.05) is 60.8 Å². The van der Waals surface area contributed by atoms with Gasteiger partial charge in [-0.15, -0.1) is 11.3 Å². The van der Waals surface area contributed by atoms with Crippen molar-refractivity contribution in [2.24, 2.45) is 0 Å². The van der Waals surface area contributed by atoms with Crippen LogP contribution in [-0.2, 0) is 11.2 Å². The fourth-order valence-electron chi connectivity index (χ4n) is 3.75. The number of amides is 1. The number of carbonyl (C=O) groups is 1. The minimum absolute atomic E-state index is 0.0130. The van der Waals surface area contributed by atoms with E-state index in [1.165, 1.54) is 11.3 Å². The van der Waals surface area contributed by atoms with E-state index >= 15 is 0 Å². The maximum absolute atomic E-state index is 13.0. The van der Waals surface area contributed by atoms with Gasteiger partial charge in [-0.05, 0) is 36.6 Å². The molecule has 190 valence electrons. The van der Waals surface area contributed by atoms with Crippen LogP contribution in [0.2, 0.25) is 0 Å². The normalized spacial score (nSPS) is 11.3. The Morgan fingerprint density at radius 2 is 1.87 bits per heavy atom. The van der Waals surface area contributed by atoms with Crippen LogP contribution in [0.4, 0.5) is 10.9 Å². The highest BCUT2D eigenvalue weighted by Gasteiger charge is 2.24. The van der Waals surface area contributed by atoms with Crippen LogP contribution >= 0.6 is 23.1 Å². The largest absolute Gasteiger partial charge is 0.497 e. The number of hydrogen-bond acceptors (Lipinski definition) is 9. The second-order valence-electron chi connectivity index (χ2n) is 8.22. The van der Waals surface area contributed by atoms with Gasteiger partial charge in [0.1, 0.15) is 34.3 Å². The van der Waals surface area contributed by atoms with Crippen molar-refractivity contribution in [3.05, 3.63) is 70.6 Å².